The van der Waals surface area contributed by atoms with E-state index in [9.17, 15) is 9.59 Å². The van der Waals surface area contributed by atoms with Crippen LogP contribution in [0.15, 0.2) is 48.5 Å². The van der Waals surface area contributed by atoms with E-state index in [1.807, 2.05) is 0 Å². The van der Waals surface area contributed by atoms with Gasteiger partial charge in [0.25, 0.3) is 0 Å². The van der Waals surface area contributed by atoms with Gasteiger partial charge in [-0.15, -0.1) is 0 Å². The van der Waals surface area contributed by atoms with Crippen LogP contribution in [0.25, 0.3) is 0 Å². The molecule has 2 aliphatic carbocycles. The Labute approximate surface area is 353 Å². The lowest BCUT2D eigenvalue weighted by Crippen LogP contribution is -2.53. The molecule has 0 spiro atoms. The largest absolute Gasteiger partial charge is 0.343 e. The van der Waals surface area contributed by atoms with E-state index >= 15 is 0 Å². The van der Waals surface area contributed by atoms with Crippen LogP contribution in [0.1, 0.15) is 150 Å². The molecule has 0 bridgehead atoms. The highest BCUT2D eigenvalue weighted by Gasteiger charge is 2.36. The van der Waals surface area contributed by atoms with Crippen molar-refractivity contribution in [1.29, 1.82) is 0 Å². The molecular formula is C51H79N5O2. The van der Waals surface area contributed by atoms with E-state index in [2.05, 4.69) is 93.8 Å². The number of carbonyl (C=O) groups excluding carboxylic acids is 2. The Morgan fingerprint density at radius 3 is 1.28 bits per heavy atom. The Balaban J connectivity index is 0.000000177. The van der Waals surface area contributed by atoms with Crippen molar-refractivity contribution in [1.82, 2.24) is 24.5 Å². The van der Waals surface area contributed by atoms with E-state index in [0.717, 1.165) is 64.7 Å². The maximum absolute atomic E-state index is 13.2. The predicted molar refractivity (Wildman–Crippen MR) is 239 cm³/mol. The van der Waals surface area contributed by atoms with Gasteiger partial charge in [-0.05, 0) is 132 Å². The molecule has 0 N–H and O–H groups in total. The van der Waals surface area contributed by atoms with Crippen LogP contribution in [-0.2, 0) is 9.59 Å². The van der Waals surface area contributed by atoms with Gasteiger partial charge in [-0.3, -0.25) is 14.5 Å². The first kappa shape index (κ1) is 43.4. The van der Waals surface area contributed by atoms with Crippen LogP contribution in [0.3, 0.4) is 0 Å². The van der Waals surface area contributed by atoms with Gasteiger partial charge in [0.1, 0.15) is 0 Å². The molecule has 7 heteroatoms. The lowest BCUT2D eigenvalue weighted by molar-refractivity contribution is -0.135. The molecule has 320 valence electrons. The Bertz CT molecular complexity index is 1530. The van der Waals surface area contributed by atoms with E-state index < -0.39 is 0 Å². The monoisotopic (exact) mass is 794 g/mol. The molecule has 7 nitrogen and oxygen atoms in total. The zero-order valence-electron chi connectivity index (χ0n) is 36.9. The summed E-state index contributed by atoms with van der Waals surface area (Å²) in [5, 5.41) is 0. The summed E-state index contributed by atoms with van der Waals surface area (Å²) in [7, 11) is 0. The number of aryl methyl sites for hydroxylation is 2. The molecule has 6 fully saturated rings. The molecule has 0 radical (unpaired) electrons. The standard InChI is InChI=1S/C26H41N3O.C25H38N2O/c1-3-27-16-18-28(19-17-27)25-7-5-4-6-24(25)20-26(30)29-14-12-23(13-15-29)22-10-8-21(2)9-11-22;1-20-9-11-21(12-10-20)22-13-17-27(18-14-22)25(28)19-23-7-3-4-8-24(23)26-15-5-2-6-16-26/h8-11,23-25H,3-7,12-20H2,1-2H3;9-12,22-24H,2-8,13-19H2,1H3/t24-,25+;23-,24+/m11/s1. The summed E-state index contributed by atoms with van der Waals surface area (Å²) < 4.78 is 0. The lowest BCUT2D eigenvalue weighted by Gasteiger charge is -2.44. The maximum atomic E-state index is 13.2. The van der Waals surface area contributed by atoms with E-state index in [0.29, 0.717) is 47.6 Å². The topological polar surface area (TPSA) is 50.3 Å². The fraction of sp³-hybridized carbons (Fsp3) is 0.725. The van der Waals surface area contributed by atoms with Gasteiger partial charge in [0.15, 0.2) is 0 Å². The molecule has 2 aromatic carbocycles. The second kappa shape index (κ2) is 21.7. The van der Waals surface area contributed by atoms with Gasteiger partial charge in [0, 0.05) is 77.3 Å². The number of amides is 2. The molecule has 2 aromatic rings. The summed E-state index contributed by atoms with van der Waals surface area (Å²) in [4.78, 5) is 38.6. The second-order valence-electron chi connectivity index (χ2n) is 19.3. The number of nitrogens with zero attached hydrogens (tertiary/aromatic N) is 5. The van der Waals surface area contributed by atoms with Gasteiger partial charge in [-0.25, -0.2) is 0 Å². The SMILES string of the molecule is CCN1CCN([C@H]2CCCC[C@@H]2CC(=O)N2CCC(c3ccc(C)cc3)CC2)CC1.Cc1ccc(C2CCN(C(=O)C[C@H]3CCCC[C@@H]3N3CCCCC3)CC2)cc1. The minimum atomic E-state index is 0.418. The van der Waals surface area contributed by atoms with Gasteiger partial charge in [-0.1, -0.05) is 98.7 Å². The number of benzene rings is 2. The molecule has 4 aliphatic heterocycles. The molecule has 4 heterocycles. The Morgan fingerprint density at radius 1 is 0.466 bits per heavy atom. The number of piperazine rings is 1. The first-order valence-corrected chi connectivity index (χ1v) is 24.2. The molecule has 8 rings (SSSR count). The van der Waals surface area contributed by atoms with Crippen LogP contribution >= 0.6 is 0 Å². The average Bonchev–Trinajstić information content (AvgIpc) is 3.28. The van der Waals surface area contributed by atoms with Crippen LogP contribution in [0.4, 0.5) is 0 Å². The first-order chi connectivity index (χ1) is 28.3. The molecule has 0 unspecified atom stereocenters. The zero-order chi connectivity index (χ0) is 40.3. The highest BCUT2D eigenvalue weighted by atomic mass is 16.2. The molecule has 2 amide bonds. The fourth-order valence-corrected chi connectivity index (χ4v) is 11.8. The van der Waals surface area contributed by atoms with E-state index in [1.165, 1.54) is 139 Å². The summed E-state index contributed by atoms with van der Waals surface area (Å²) >= 11 is 0. The van der Waals surface area contributed by atoms with Crippen LogP contribution < -0.4 is 0 Å². The van der Waals surface area contributed by atoms with Crippen LogP contribution in [0.5, 0.6) is 0 Å². The number of likely N-dealkylation sites (N-methyl/N-ethyl adjacent to an activating group) is 1. The van der Waals surface area contributed by atoms with Crippen LogP contribution in [-0.4, -0.2) is 120 Å². The third kappa shape index (κ3) is 11.8. The highest BCUT2D eigenvalue weighted by molar-refractivity contribution is 5.77. The summed E-state index contributed by atoms with van der Waals surface area (Å²) in [6, 6.07) is 19.3. The minimum Gasteiger partial charge on any atom is -0.343 e. The summed E-state index contributed by atoms with van der Waals surface area (Å²) in [6.45, 7) is 18.8. The number of carbonyl (C=O) groups is 2. The number of hydrogen-bond donors (Lipinski definition) is 0. The van der Waals surface area contributed by atoms with E-state index in [-0.39, 0.29) is 0 Å². The quantitative estimate of drug-likeness (QED) is 0.253. The Kier molecular flexibility index (Phi) is 16.2. The van der Waals surface area contributed by atoms with Crippen molar-refractivity contribution in [3.05, 3.63) is 70.8 Å². The average molecular weight is 794 g/mol. The van der Waals surface area contributed by atoms with Crippen molar-refractivity contribution >= 4 is 11.8 Å². The van der Waals surface area contributed by atoms with Gasteiger partial charge in [0.05, 0.1) is 0 Å². The smallest absolute Gasteiger partial charge is 0.222 e. The summed E-state index contributed by atoms with van der Waals surface area (Å²) in [6.07, 6.45) is 20.5. The van der Waals surface area contributed by atoms with Crippen molar-refractivity contribution in [2.45, 2.75) is 154 Å². The molecule has 4 saturated heterocycles. The van der Waals surface area contributed by atoms with Crippen LogP contribution in [0, 0.1) is 25.7 Å². The zero-order valence-corrected chi connectivity index (χ0v) is 36.9. The number of rotatable bonds is 9. The Hall–Kier alpha value is -2.74. The third-order valence-electron chi connectivity index (χ3n) is 15.6. The van der Waals surface area contributed by atoms with Crippen molar-refractivity contribution in [3.8, 4) is 0 Å². The van der Waals surface area contributed by atoms with Gasteiger partial charge in [-0.2, -0.15) is 0 Å². The molecule has 2 saturated carbocycles. The minimum absolute atomic E-state index is 0.418. The van der Waals surface area contributed by atoms with Crippen molar-refractivity contribution in [2.75, 3.05) is 72.0 Å². The third-order valence-corrected chi connectivity index (χ3v) is 15.6. The molecule has 0 aromatic heterocycles. The number of hydrogen-bond acceptors (Lipinski definition) is 5. The number of piperidine rings is 3. The summed E-state index contributed by atoms with van der Waals surface area (Å²) in [5.74, 6) is 3.24. The first-order valence-electron chi connectivity index (χ1n) is 24.2. The second-order valence-corrected chi connectivity index (χ2v) is 19.3. The Morgan fingerprint density at radius 2 is 0.862 bits per heavy atom. The fourth-order valence-electron chi connectivity index (χ4n) is 11.8. The molecule has 4 atom stereocenters. The van der Waals surface area contributed by atoms with Crippen molar-refractivity contribution in [2.24, 2.45) is 11.8 Å². The van der Waals surface area contributed by atoms with Gasteiger partial charge >= 0.3 is 0 Å². The highest BCUT2D eigenvalue weighted by Crippen LogP contribution is 2.36. The number of likely N-dealkylation sites (tertiary alicyclic amines) is 3. The van der Waals surface area contributed by atoms with Crippen molar-refractivity contribution in [3.63, 3.8) is 0 Å². The van der Waals surface area contributed by atoms with Gasteiger partial charge in [0.2, 0.25) is 11.8 Å². The molecular weight excluding hydrogens is 715 g/mol. The summed E-state index contributed by atoms with van der Waals surface area (Å²) in [5.41, 5.74) is 5.55. The molecule has 58 heavy (non-hydrogen) atoms. The maximum Gasteiger partial charge on any atom is 0.222 e. The van der Waals surface area contributed by atoms with Crippen molar-refractivity contribution < 1.29 is 9.59 Å². The van der Waals surface area contributed by atoms with E-state index in [4.69, 9.17) is 0 Å². The molecule has 6 aliphatic rings. The van der Waals surface area contributed by atoms with E-state index in [1.54, 1.807) is 0 Å². The lowest BCUT2D eigenvalue weighted by atomic mass is 9.80. The normalized spacial score (nSPS) is 27.5. The van der Waals surface area contributed by atoms with Gasteiger partial charge < -0.3 is 19.6 Å². The van der Waals surface area contributed by atoms with Crippen LogP contribution in [0.2, 0.25) is 0 Å². The predicted octanol–water partition coefficient (Wildman–Crippen LogP) is 9.42.